The molecule has 1 saturated carbocycles. The van der Waals surface area contributed by atoms with E-state index < -0.39 is 0 Å². The number of rotatable bonds is 3. The summed E-state index contributed by atoms with van der Waals surface area (Å²) in [6.07, 6.45) is 5.14. The third-order valence-electron chi connectivity index (χ3n) is 5.67. The maximum Gasteiger partial charge on any atom is 0.225 e. The van der Waals surface area contributed by atoms with Crippen molar-refractivity contribution in [2.75, 3.05) is 18.4 Å². The number of anilines is 1. The van der Waals surface area contributed by atoms with E-state index in [4.69, 9.17) is 4.98 Å². The van der Waals surface area contributed by atoms with Crippen molar-refractivity contribution in [3.05, 3.63) is 30.1 Å². The van der Waals surface area contributed by atoms with Crippen LogP contribution < -0.4 is 5.32 Å². The summed E-state index contributed by atoms with van der Waals surface area (Å²) in [6.45, 7) is 10.4. The summed E-state index contributed by atoms with van der Waals surface area (Å²) in [4.78, 5) is 19.5. The quantitative estimate of drug-likeness (QED) is 0.909. The number of imidazole rings is 1. The van der Waals surface area contributed by atoms with Crippen LogP contribution in [0.4, 0.5) is 5.82 Å². The maximum atomic E-state index is 12.5. The van der Waals surface area contributed by atoms with Gasteiger partial charge in [0.1, 0.15) is 11.5 Å². The SMILES string of the molecule is C[C@H]1C[C@H]1C(=O)N1CCC(c2nc3ccccn3c2NC(C)(C)C)CC1. The first-order chi connectivity index (χ1) is 12.3. The van der Waals surface area contributed by atoms with Crippen LogP contribution in [0.25, 0.3) is 5.65 Å². The number of carbonyl (C=O) groups is 1. The van der Waals surface area contributed by atoms with Crippen molar-refractivity contribution in [3.63, 3.8) is 0 Å². The molecule has 1 N–H and O–H groups in total. The molecule has 4 rings (SSSR count). The van der Waals surface area contributed by atoms with Crippen molar-refractivity contribution in [1.82, 2.24) is 14.3 Å². The molecule has 0 bridgehead atoms. The summed E-state index contributed by atoms with van der Waals surface area (Å²) in [5.41, 5.74) is 2.11. The van der Waals surface area contributed by atoms with E-state index >= 15 is 0 Å². The average molecular weight is 354 g/mol. The van der Waals surface area contributed by atoms with Gasteiger partial charge >= 0.3 is 0 Å². The van der Waals surface area contributed by atoms with Crippen LogP contribution in [0.3, 0.4) is 0 Å². The molecule has 1 saturated heterocycles. The van der Waals surface area contributed by atoms with E-state index in [-0.39, 0.29) is 5.54 Å². The molecule has 1 aliphatic heterocycles. The van der Waals surface area contributed by atoms with Crippen LogP contribution in [0.1, 0.15) is 58.6 Å². The number of nitrogens with zero attached hydrogens (tertiary/aromatic N) is 3. The summed E-state index contributed by atoms with van der Waals surface area (Å²) in [5, 5.41) is 3.66. The van der Waals surface area contributed by atoms with Crippen LogP contribution in [0.2, 0.25) is 0 Å². The average Bonchev–Trinajstić information content (AvgIpc) is 3.23. The number of hydrogen-bond acceptors (Lipinski definition) is 3. The molecule has 2 aliphatic rings. The third kappa shape index (κ3) is 3.31. The van der Waals surface area contributed by atoms with Crippen LogP contribution in [-0.4, -0.2) is 38.8 Å². The zero-order valence-corrected chi connectivity index (χ0v) is 16.3. The highest BCUT2D eigenvalue weighted by molar-refractivity contribution is 5.81. The Hall–Kier alpha value is -2.04. The molecule has 5 heteroatoms. The predicted octanol–water partition coefficient (Wildman–Crippen LogP) is 3.91. The van der Waals surface area contributed by atoms with Crippen molar-refractivity contribution in [2.45, 2.75) is 58.4 Å². The molecule has 0 unspecified atom stereocenters. The fourth-order valence-corrected chi connectivity index (χ4v) is 4.05. The van der Waals surface area contributed by atoms with Gasteiger partial charge in [-0.25, -0.2) is 4.98 Å². The number of amides is 1. The van der Waals surface area contributed by atoms with Gasteiger partial charge in [0.15, 0.2) is 0 Å². The Balaban J connectivity index is 1.55. The number of pyridine rings is 1. The first kappa shape index (κ1) is 17.4. The third-order valence-corrected chi connectivity index (χ3v) is 5.67. The minimum atomic E-state index is -0.0284. The van der Waals surface area contributed by atoms with E-state index in [1.165, 1.54) is 0 Å². The van der Waals surface area contributed by atoms with Crippen LogP contribution in [0, 0.1) is 11.8 Å². The van der Waals surface area contributed by atoms with E-state index in [1.54, 1.807) is 0 Å². The molecule has 140 valence electrons. The van der Waals surface area contributed by atoms with Gasteiger partial charge in [0.05, 0.1) is 5.69 Å². The molecule has 2 aromatic heterocycles. The molecule has 0 aromatic carbocycles. The lowest BCUT2D eigenvalue weighted by Gasteiger charge is -2.32. The first-order valence-corrected chi connectivity index (χ1v) is 9.87. The van der Waals surface area contributed by atoms with E-state index in [1.807, 2.05) is 12.1 Å². The maximum absolute atomic E-state index is 12.5. The molecule has 0 radical (unpaired) electrons. The minimum Gasteiger partial charge on any atom is -0.365 e. The zero-order valence-electron chi connectivity index (χ0n) is 16.3. The predicted molar refractivity (Wildman–Crippen MR) is 104 cm³/mol. The normalized spacial score (nSPS) is 24.1. The monoisotopic (exact) mass is 354 g/mol. The summed E-state index contributed by atoms with van der Waals surface area (Å²) in [5.74, 6) is 2.76. The number of nitrogens with one attached hydrogen (secondary N) is 1. The van der Waals surface area contributed by atoms with Crippen molar-refractivity contribution in [3.8, 4) is 0 Å². The van der Waals surface area contributed by atoms with Crippen LogP contribution in [0.15, 0.2) is 24.4 Å². The number of fused-ring (bicyclic) bond motifs is 1. The second-order valence-electron chi connectivity index (χ2n) is 9.07. The van der Waals surface area contributed by atoms with Crippen molar-refractivity contribution in [1.29, 1.82) is 0 Å². The van der Waals surface area contributed by atoms with Gasteiger partial charge in [-0.15, -0.1) is 0 Å². The van der Waals surface area contributed by atoms with Gasteiger partial charge in [0.25, 0.3) is 0 Å². The van der Waals surface area contributed by atoms with Gasteiger partial charge in [-0.05, 0) is 58.1 Å². The Morgan fingerprint density at radius 2 is 1.92 bits per heavy atom. The number of piperidine rings is 1. The number of hydrogen-bond donors (Lipinski definition) is 1. The molecule has 5 nitrogen and oxygen atoms in total. The van der Waals surface area contributed by atoms with Crippen LogP contribution in [-0.2, 0) is 4.79 Å². The second-order valence-corrected chi connectivity index (χ2v) is 9.07. The molecule has 26 heavy (non-hydrogen) atoms. The topological polar surface area (TPSA) is 49.6 Å². The molecule has 1 aliphatic carbocycles. The molecule has 2 aromatic rings. The fourth-order valence-electron chi connectivity index (χ4n) is 4.05. The molecular formula is C21H30N4O. The molecule has 1 amide bonds. The van der Waals surface area contributed by atoms with Crippen LogP contribution >= 0.6 is 0 Å². The first-order valence-electron chi connectivity index (χ1n) is 9.87. The smallest absolute Gasteiger partial charge is 0.225 e. The summed E-state index contributed by atoms with van der Waals surface area (Å²) >= 11 is 0. The lowest BCUT2D eigenvalue weighted by atomic mass is 9.92. The molecular weight excluding hydrogens is 324 g/mol. The number of aromatic nitrogens is 2. The summed E-state index contributed by atoms with van der Waals surface area (Å²) < 4.78 is 2.16. The Morgan fingerprint density at radius 1 is 1.23 bits per heavy atom. The Bertz CT molecular complexity index is 811. The van der Waals surface area contributed by atoms with Crippen LogP contribution in [0.5, 0.6) is 0 Å². The Kier molecular flexibility index (Phi) is 4.20. The van der Waals surface area contributed by atoms with Crippen molar-refractivity contribution >= 4 is 17.4 Å². The minimum absolute atomic E-state index is 0.0284. The number of carbonyl (C=O) groups excluding carboxylic acids is 1. The fraction of sp³-hybridized carbons (Fsp3) is 0.619. The van der Waals surface area contributed by atoms with Crippen molar-refractivity contribution < 1.29 is 4.79 Å². The lowest BCUT2D eigenvalue weighted by Crippen LogP contribution is -2.39. The zero-order chi connectivity index (χ0) is 18.5. The Labute approximate surface area is 155 Å². The second kappa shape index (κ2) is 6.29. The molecule has 2 atom stereocenters. The van der Waals surface area contributed by atoms with E-state index in [0.717, 1.165) is 49.5 Å². The highest BCUT2D eigenvalue weighted by Gasteiger charge is 2.42. The van der Waals surface area contributed by atoms with Crippen molar-refractivity contribution in [2.24, 2.45) is 11.8 Å². The molecule has 3 heterocycles. The lowest BCUT2D eigenvalue weighted by molar-refractivity contribution is -0.133. The van der Waals surface area contributed by atoms with Gasteiger partial charge in [0.2, 0.25) is 5.91 Å². The molecule has 0 spiro atoms. The van der Waals surface area contributed by atoms with E-state index in [2.05, 4.69) is 54.6 Å². The summed E-state index contributed by atoms with van der Waals surface area (Å²) in [6, 6.07) is 6.14. The highest BCUT2D eigenvalue weighted by atomic mass is 16.2. The molecule has 2 fully saturated rings. The van der Waals surface area contributed by atoms with E-state index in [9.17, 15) is 4.79 Å². The summed E-state index contributed by atoms with van der Waals surface area (Å²) in [7, 11) is 0. The number of likely N-dealkylation sites (tertiary alicyclic amines) is 1. The van der Waals surface area contributed by atoms with Gasteiger partial charge in [-0.2, -0.15) is 0 Å². The van der Waals surface area contributed by atoms with Gasteiger partial charge in [-0.3, -0.25) is 9.20 Å². The largest absolute Gasteiger partial charge is 0.365 e. The Morgan fingerprint density at radius 3 is 2.54 bits per heavy atom. The van der Waals surface area contributed by atoms with Gasteiger partial charge in [-0.1, -0.05) is 13.0 Å². The highest BCUT2D eigenvalue weighted by Crippen LogP contribution is 2.41. The van der Waals surface area contributed by atoms with Gasteiger partial charge in [0, 0.05) is 36.7 Å². The van der Waals surface area contributed by atoms with E-state index in [0.29, 0.717) is 23.7 Å². The standard InChI is InChI=1S/C21H30N4O/c1-14-13-16(14)20(26)24-11-8-15(9-12-24)18-19(23-21(2,3)4)25-10-6-5-7-17(25)22-18/h5-7,10,14-16,23H,8-9,11-13H2,1-4H3/t14-,16+/m0/s1. The van der Waals surface area contributed by atoms with Gasteiger partial charge < -0.3 is 10.2 Å².